The van der Waals surface area contributed by atoms with Crippen LogP contribution in [0.25, 0.3) is 11.1 Å². The maximum atomic E-state index is 12.3. The van der Waals surface area contributed by atoms with Gasteiger partial charge >= 0.3 is 6.36 Å². The normalized spacial score (nSPS) is 11.0. The molecule has 0 aliphatic heterocycles. The summed E-state index contributed by atoms with van der Waals surface area (Å²) in [6, 6.07) is 12.5. The lowest BCUT2D eigenvalue weighted by Crippen LogP contribution is -2.27. The average Bonchev–Trinajstić information content (AvgIpc) is 2.75. The fraction of sp³-hybridized carbons (Fsp3) is 0.348. The van der Waals surface area contributed by atoms with E-state index in [0.717, 1.165) is 18.4 Å². The Labute approximate surface area is 184 Å². The maximum absolute atomic E-state index is 12.3. The third-order valence-corrected chi connectivity index (χ3v) is 4.61. The summed E-state index contributed by atoms with van der Waals surface area (Å²) in [5.74, 6) is -1.48. The minimum absolute atomic E-state index is 0.155. The number of hydrogen-bond acceptors (Lipinski definition) is 4. The van der Waals surface area contributed by atoms with Crippen LogP contribution in [0.3, 0.4) is 0 Å². The van der Waals surface area contributed by atoms with Crippen LogP contribution in [0.2, 0.25) is 0 Å². The van der Waals surface area contributed by atoms with E-state index in [1.807, 2.05) is 0 Å². The molecule has 0 fully saturated rings. The molecule has 0 spiro atoms. The van der Waals surface area contributed by atoms with E-state index >= 15 is 0 Å². The lowest BCUT2D eigenvalue weighted by atomic mass is 10.0. The Hall–Kier alpha value is -3.36. The highest BCUT2D eigenvalue weighted by Crippen LogP contribution is 2.27. The van der Waals surface area contributed by atoms with Crippen LogP contribution >= 0.6 is 0 Å². The highest BCUT2D eigenvalue weighted by atomic mass is 19.4. The quantitative estimate of drug-likeness (QED) is 0.379. The molecular weight excluding hydrogens is 425 g/mol. The molecule has 0 bridgehead atoms. The highest BCUT2D eigenvalue weighted by molar-refractivity contribution is 6.36. The molecule has 0 saturated heterocycles. The fourth-order valence-corrected chi connectivity index (χ4v) is 3.03. The lowest BCUT2D eigenvalue weighted by Gasteiger charge is -2.10. The first-order valence-electron chi connectivity index (χ1n) is 10.2. The number of hydrogen-bond donors (Lipinski definition) is 2. The number of unbranched alkanes of at least 4 members (excludes halogenated alkanes) is 3. The number of ketones is 1. The molecule has 0 aliphatic carbocycles. The summed E-state index contributed by atoms with van der Waals surface area (Å²) in [7, 11) is 1.41. The van der Waals surface area contributed by atoms with Gasteiger partial charge in [0.25, 0.3) is 5.91 Å². The fourth-order valence-electron chi connectivity index (χ4n) is 3.03. The van der Waals surface area contributed by atoms with E-state index in [-0.39, 0.29) is 18.1 Å². The lowest BCUT2D eigenvalue weighted by molar-refractivity contribution is -0.274. The molecule has 0 aromatic heterocycles. The zero-order chi connectivity index (χ0) is 23.6. The maximum Gasteiger partial charge on any atom is 0.573 e. The third-order valence-electron chi connectivity index (χ3n) is 4.61. The van der Waals surface area contributed by atoms with Gasteiger partial charge in [-0.25, -0.2) is 0 Å². The van der Waals surface area contributed by atoms with Crippen molar-refractivity contribution in [1.29, 1.82) is 0 Å². The number of likely N-dealkylation sites (N-methyl/N-ethyl adjacent to an activating group) is 1. The highest BCUT2D eigenvalue weighted by Gasteiger charge is 2.30. The van der Waals surface area contributed by atoms with Crippen LogP contribution < -0.4 is 15.4 Å². The van der Waals surface area contributed by atoms with Crippen LogP contribution in [0.15, 0.2) is 48.5 Å². The summed E-state index contributed by atoms with van der Waals surface area (Å²) in [6.07, 6.45) is -1.46. The van der Waals surface area contributed by atoms with E-state index in [9.17, 15) is 27.6 Å². The van der Waals surface area contributed by atoms with Gasteiger partial charge in [0.15, 0.2) is 0 Å². The molecule has 2 aromatic carbocycles. The number of anilines is 1. The van der Waals surface area contributed by atoms with Crippen LogP contribution in [0.1, 0.15) is 38.5 Å². The number of ether oxygens (including phenoxy) is 1. The smallest absolute Gasteiger partial charge is 0.406 e. The molecule has 2 rings (SSSR count). The molecule has 2 N–H and O–H groups in total. The standard InChI is InChI=1S/C23H25F3N2O4/c1-27-22(31)20(29)9-4-2-3-5-10-21(30)28-18-8-6-7-17(15-18)16-11-13-19(14-12-16)32-23(24,25)26/h6-8,11-15H,2-5,9-10H2,1H3,(H,27,31)(H,28,30). The molecule has 32 heavy (non-hydrogen) atoms. The van der Waals surface area contributed by atoms with Gasteiger partial charge in [-0.05, 0) is 48.2 Å². The Balaban J connectivity index is 1.78. The molecule has 172 valence electrons. The Morgan fingerprint density at radius 3 is 2.16 bits per heavy atom. The largest absolute Gasteiger partial charge is 0.573 e. The molecule has 0 unspecified atom stereocenters. The van der Waals surface area contributed by atoms with Crippen LogP contribution in [0, 0.1) is 0 Å². The Morgan fingerprint density at radius 2 is 1.53 bits per heavy atom. The van der Waals surface area contributed by atoms with Gasteiger partial charge in [-0.1, -0.05) is 37.1 Å². The van der Waals surface area contributed by atoms with Gasteiger partial charge in [-0.2, -0.15) is 0 Å². The molecule has 2 amide bonds. The van der Waals surface area contributed by atoms with Crippen molar-refractivity contribution in [3.05, 3.63) is 48.5 Å². The van der Waals surface area contributed by atoms with Gasteiger partial charge in [0, 0.05) is 25.6 Å². The van der Waals surface area contributed by atoms with Crippen LogP contribution in [-0.4, -0.2) is 31.0 Å². The number of benzene rings is 2. The monoisotopic (exact) mass is 450 g/mol. The van der Waals surface area contributed by atoms with Crippen molar-refractivity contribution in [1.82, 2.24) is 5.32 Å². The van der Waals surface area contributed by atoms with Crippen molar-refractivity contribution in [2.45, 2.75) is 44.9 Å². The average molecular weight is 450 g/mol. The van der Waals surface area contributed by atoms with Gasteiger partial charge in [-0.3, -0.25) is 14.4 Å². The number of nitrogens with one attached hydrogen (secondary N) is 2. The number of halogens is 3. The number of rotatable bonds is 11. The van der Waals surface area contributed by atoms with E-state index in [1.165, 1.54) is 31.3 Å². The van der Waals surface area contributed by atoms with Crippen LogP contribution in [0.5, 0.6) is 5.75 Å². The SMILES string of the molecule is CNC(=O)C(=O)CCCCCCC(=O)Nc1cccc(-c2ccc(OC(F)(F)F)cc2)c1. The first-order valence-corrected chi connectivity index (χ1v) is 10.2. The summed E-state index contributed by atoms with van der Waals surface area (Å²) < 4.78 is 40.7. The van der Waals surface area contributed by atoms with E-state index in [0.29, 0.717) is 30.5 Å². The first-order chi connectivity index (χ1) is 15.2. The van der Waals surface area contributed by atoms with Crippen LogP contribution in [-0.2, 0) is 14.4 Å². The topological polar surface area (TPSA) is 84.5 Å². The molecular formula is C23H25F3N2O4. The predicted octanol–water partition coefficient (Wildman–Crippen LogP) is 4.85. The van der Waals surface area contributed by atoms with Crippen molar-refractivity contribution >= 4 is 23.3 Å². The van der Waals surface area contributed by atoms with Crippen LogP contribution in [0.4, 0.5) is 18.9 Å². The van der Waals surface area contributed by atoms with Crippen molar-refractivity contribution in [3.63, 3.8) is 0 Å². The zero-order valence-corrected chi connectivity index (χ0v) is 17.6. The van der Waals surface area contributed by atoms with Gasteiger partial charge in [0.1, 0.15) is 5.75 Å². The summed E-state index contributed by atoms with van der Waals surface area (Å²) >= 11 is 0. The number of alkyl halides is 3. The molecule has 0 radical (unpaired) electrons. The molecule has 9 heteroatoms. The number of Topliss-reactive ketones (excluding diaryl/α,β-unsaturated/α-hetero) is 1. The molecule has 2 aromatic rings. The van der Waals surface area contributed by atoms with Gasteiger partial charge in [-0.15, -0.1) is 13.2 Å². The third kappa shape index (κ3) is 8.79. The van der Waals surface area contributed by atoms with Gasteiger partial charge < -0.3 is 15.4 Å². The number of carbonyl (C=O) groups excluding carboxylic acids is 3. The van der Waals surface area contributed by atoms with Crippen molar-refractivity contribution in [2.75, 3.05) is 12.4 Å². The molecule has 0 atom stereocenters. The Bertz CT molecular complexity index is 928. The van der Waals surface area contributed by atoms with Gasteiger partial charge in [0.2, 0.25) is 11.7 Å². The zero-order valence-electron chi connectivity index (χ0n) is 17.6. The van der Waals surface area contributed by atoms with Crippen molar-refractivity contribution in [2.24, 2.45) is 0 Å². The second kappa shape index (κ2) is 11.9. The minimum atomic E-state index is -4.74. The molecule has 0 heterocycles. The second-order valence-electron chi connectivity index (χ2n) is 7.12. The summed E-state index contributed by atoms with van der Waals surface area (Å²) in [4.78, 5) is 34.7. The second-order valence-corrected chi connectivity index (χ2v) is 7.12. The molecule has 6 nitrogen and oxygen atoms in total. The number of amides is 2. The van der Waals surface area contributed by atoms with Crippen molar-refractivity contribution in [3.8, 4) is 16.9 Å². The van der Waals surface area contributed by atoms with Gasteiger partial charge in [0.05, 0.1) is 0 Å². The van der Waals surface area contributed by atoms with E-state index in [2.05, 4.69) is 15.4 Å². The summed E-state index contributed by atoms with van der Waals surface area (Å²) in [5.41, 5.74) is 2.00. The number of carbonyl (C=O) groups is 3. The predicted molar refractivity (Wildman–Crippen MR) is 114 cm³/mol. The van der Waals surface area contributed by atoms with Crippen molar-refractivity contribution < 1.29 is 32.3 Å². The Kier molecular flexibility index (Phi) is 9.24. The first kappa shape index (κ1) is 24.9. The van der Waals surface area contributed by atoms with E-state index < -0.39 is 18.1 Å². The molecule has 0 aliphatic rings. The molecule has 0 saturated carbocycles. The van der Waals surface area contributed by atoms with E-state index in [1.54, 1.807) is 24.3 Å². The Morgan fingerprint density at radius 1 is 0.875 bits per heavy atom. The summed E-state index contributed by atoms with van der Waals surface area (Å²) in [5, 5.41) is 5.10. The minimum Gasteiger partial charge on any atom is -0.406 e. The van der Waals surface area contributed by atoms with E-state index in [4.69, 9.17) is 0 Å². The summed E-state index contributed by atoms with van der Waals surface area (Å²) in [6.45, 7) is 0.